The molecule has 0 spiro atoms. The van der Waals surface area contributed by atoms with E-state index in [1.54, 1.807) is 17.0 Å². The number of benzene rings is 2. The summed E-state index contributed by atoms with van der Waals surface area (Å²) in [6.45, 7) is 8.01. The molecule has 0 aliphatic carbocycles. The van der Waals surface area contributed by atoms with Crippen LogP contribution in [0.1, 0.15) is 43.9 Å². The summed E-state index contributed by atoms with van der Waals surface area (Å²) in [6, 6.07) is 13.7. The van der Waals surface area contributed by atoms with Gasteiger partial charge in [-0.25, -0.2) is 4.39 Å². The molecule has 6 heteroatoms. The molecule has 0 aromatic heterocycles. The fraction of sp³-hybridized carbons (Fsp3) is 0.417. The van der Waals surface area contributed by atoms with Crippen molar-refractivity contribution in [3.8, 4) is 0 Å². The SMILES string of the molecule is CC[C@@H](C(=O)NC(C)C)N(Cc1ccc(F)cc1)C(=O)CSCc1ccc(C)cc1. The maximum absolute atomic E-state index is 13.3. The lowest BCUT2D eigenvalue weighted by Crippen LogP contribution is -2.50. The van der Waals surface area contributed by atoms with Crippen LogP contribution in [0, 0.1) is 12.7 Å². The number of aryl methyl sites for hydroxylation is 1. The molecule has 0 fully saturated rings. The van der Waals surface area contributed by atoms with Crippen molar-refractivity contribution in [1.29, 1.82) is 0 Å². The van der Waals surface area contributed by atoms with Gasteiger partial charge in [-0.2, -0.15) is 0 Å². The molecule has 0 bridgehead atoms. The minimum atomic E-state index is -0.565. The van der Waals surface area contributed by atoms with Gasteiger partial charge in [0.1, 0.15) is 11.9 Å². The summed E-state index contributed by atoms with van der Waals surface area (Å²) in [5, 5.41) is 2.91. The zero-order valence-electron chi connectivity index (χ0n) is 18.2. The largest absolute Gasteiger partial charge is 0.352 e. The number of carbonyl (C=O) groups is 2. The Bertz CT molecular complexity index is 822. The molecule has 0 aliphatic heterocycles. The molecule has 2 amide bonds. The third kappa shape index (κ3) is 7.48. The predicted octanol–water partition coefficient (Wildman–Crippen LogP) is 4.70. The Kier molecular flexibility index (Phi) is 9.37. The zero-order valence-corrected chi connectivity index (χ0v) is 19.0. The first-order valence-electron chi connectivity index (χ1n) is 10.3. The normalized spacial score (nSPS) is 11.9. The summed E-state index contributed by atoms with van der Waals surface area (Å²) in [6.07, 6.45) is 0.508. The summed E-state index contributed by atoms with van der Waals surface area (Å²) >= 11 is 1.53. The molecule has 2 aromatic carbocycles. The van der Waals surface area contributed by atoms with Crippen LogP contribution in [0.25, 0.3) is 0 Å². The number of nitrogens with one attached hydrogen (secondary N) is 1. The molecule has 162 valence electrons. The van der Waals surface area contributed by atoms with Crippen LogP contribution in [-0.4, -0.2) is 34.6 Å². The Morgan fingerprint density at radius 2 is 1.63 bits per heavy atom. The number of rotatable bonds is 10. The van der Waals surface area contributed by atoms with Gasteiger partial charge < -0.3 is 10.2 Å². The Labute approximate surface area is 183 Å². The van der Waals surface area contributed by atoms with Crippen LogP contribution in [-0.2, 0) is 21.9 Å². The molecule has 1 atom stereocenters. The minimum Gasteiger partial charge on any atom is -0.352 e. The Balaban J connectivity index is 2.11. The van der Waals surface area contributed by atoms with Gasteiger partial charge in [-0.15, -0.1) is 11.8 Å². The molecule has 1 N–H and O–H groups in total. The van der Waals surface area contributed by atoms with Crippen molar-refractivity contribution in [2.45, 2.75) is 58.5 Å². The summed E-state index contributed by atoms with van der Waals surface area (Å²) in [4.78, 5) is 27.4. The first-order valence-corrected chi connectivity index (χ1v) is 11.4. The second-order valence-electron chi connectivity index (χ2n) is 7.71. The average Bonchev–Trinajstić information content (AvgIpc) is 2.70. The van der Waals surface area contributed by atoms with Gasteiger partial charge in [-0.3, -0.25) is 9.59 Å². The molecule has 0 radical (unpaired) electrons. The third-order valence-corrected chi connectivity index (χ3v) is 5.69. The number of carbonyl (C=O) groups excluding carboxylic acids is 2. The van der Waals surface area contributed by atoms with Gasteiger partial charge in [0.2, 0.25) is 11.8 Å². The summed E-state index contributed by atoms with van der Waals surface area (Å²) in [5.74, 6) is 0.426. The number of amides is 2. The van der Waals surface area contributed by atoms with Gasteiger partial charge in [0.25, 0.3) is 0 Å². The molecule has 2 rings (SSSR count). The van der Waals surface area contributed by atoms with E-state index < -0.39 is 6.04 Å². The van der Waals surface area contributed by atoms with Crippen molar-refractivity contribution in [3.63, 3.8) is 0 Å². The molecule has 0 saturated carbocycles. The second-order valence-corrected chi connectivity index (χ2v) is 8.70. The van der Waals surface area contributed by atoms with Crippen molar-refractivity contribution < 1.29 is 14.0 Å². The number of thioether (sulfide) groups is 1. The molecule has 4 nitrogen and oxygen atoms in total. The molecular formula is C24H31FN2O2S. The second kappa shape index (κ2) is 11.7. The molecule has 0 saturated heterocycles. The maximum Gasteiger partial charge on any atom is 0.243 e. The van der Waals surface area contributed by atoms with Gasteiger partial charge in [-0.1, -0.05) is 48.9 Å². The molecule has 0 aliphatic rings. The first-order chi connectivity index (χ1) is 14.3. The lowest BCUT2D eigenvalue weighted by Gasteiger charge is -2.31. The number of halogens is 1. The molecule has 2 aromatic rings. The van der Waals surface area contributed by atoms with Crippen LogP contribution < -0.4 is 5.32 Å². The highest BCUT2D eigenvalue weighted by molar-refractivity contribution is 7.99. The van der Waals surface area contributed by atoms with Gasteiger partial charge >= 0.3 is 0 Å². The van der Waals surface area contributed by atoms with Crippen LogP contribution in [0.15, 0.2) is 48.5 Å². The summed E-state index contributed by atoms with van der Waals surface area (Å²) in [7, 11) is 0. The van der Waals surface area contributed by atoms with E-state index in [1.807, 2.05) is 27.7 Å². The van der Waals surface area contributed by atoms with E-state index in [0.717, 1.165) is 16.9 Å². The van der Waals surface area contributed by atoms with Gasteiger partial charge in [0, 0.05) is 18.3 Å². The molecule has 0 unspecified atom stereocenters. The van der Waals surface area contributed by atoms with E-state index >= 15 is 0 Å². The van der Waals surface area contributed by atoms with Crippen LogP contribution in [0.2, 0.25) is 0 Å². The van der Waals surface area contributed by atoms with Crippen molar-refractivity contribution in [2.75, 3.05) is 5.75 Å². The van der Waals surface area contributed by atoms with Crippen molar-refractivity contribution in [3.05, 3.63) is 71.0 Å². The molecule has 0 heterocycles. The standard InChI is InChI=1S/C24H31FN2O2S/c1-5-22(24(29)26-17(2)3)27(14-19-10-12-21(25)13-11-19)23(28)16-30-15-20-8-6-18(4)7-9-20/h6-13,17,22H,5,14-16H2,1-4H3,(H,26,29)/t22-/m0/s1. The van der Waals surface area contributed by atoms with Crippen molar-refractivity contribution in [2.24, 2.45) is 0 Å². The summed E-state index contributed by atoms with van der Waals surface area (Å²) in [5.41, 5.74) is 3.16. The Morgan fingerprint density at radius 1 is 1.03 bits per heavy atom. The lowest BCUT2D eigenvalue weighted by molar-refractivity contribution is -0.139. The third-order valence-electron chi connectivity index (χ3n) is 4.70. The highest BCUT2D eigenvalue weighted by Gasteiger charge is 2.28. The highest BCUT2D eigenvalue weighted by Crippen LogP contribution is 2.18. The predicted molar refractivity (Wildman–Crippen MR) is 122 cm³/mol. The minimum absolute atomic E-state index is 0.00904. The van der Waals surface area contributed by atoms with E-state index in [2.05, 4.69) is 29.6 Å². The fourth-order valence-electron chi connectivity index (χ4n) is 3.11. The van der Waals surface area contributed by atoms with Gasteiger partial charge in [0.15, 0.2) is 0 Å². The van der Waals surface area contributed by atoms with Gasteiger partial charge in [0.05, 0.1) is 5.75 Å². The van der Waals surface area contributed by atoms with Crippen LogP contribution >= 0.6 is 11.8 Å². The number of hydrogen-bond donors (Lipinski definition) is 1. The monoisotopic (exact) mass is 430 g/mol. The van der Waals surface area contributed by atoms with Crippen LogP contribution in [0.4, 0.5) is 4.39 Å². The van der Waals surface area contributed by atoms with Crippen molar-refractivity contribution >= 4 is 23.6 Å². The number of nitrogens with zero attached hydrogens (tertiary/aromatic N) is 1. The Morgan fingerprint density at radius 3 is 2.20 bits per heavy atom. The molecule has 30 heavy (non-hydrogen) atoms. The Hall–Kier alpha value is -2.34. The number of hydrogen-bond acceptors (Lipinski definition) is 3. The highest BCUT2D eigenvalue weighted by atomic mass is 32.2. The van der Waals surface area contributed by atoms with Crippen LogP contribution in [0.5, 0.6) is 0 Å². The van der Waals surface area contributed by atoms with E-state index in [-0.39, 0.29) is 36.0 Å². The maximum atomic E-state index is 13.3. The van der Waals surface area contributed by atoms with E-state index in [9.17, 15) is 14.0 Å². The smallest absolute Gasteiger partial charge is 0.243 e. The van der Waals surface area contributed by atoms with E-state index in [4.69, 9.17) is 0 Å². The average molecular weight is 431 g/mol. The van der Waals surface area contributed by atoms with E-state index in [0.29, 0.717) is 6.42 Å². The molecular weight excluding hydrogens is 399 g/mol. The fourth-order valence-corrected chi connectivity index (χ4v) is 3.98. The quantitative estimate of drug-likeness (QED) is 0.594. The summed E-state index contributed by atoms with van der Waals surface area (Å²) < 4.78 is 13.3. The zero-order chi connectivity index (χ0) is 22.1. The van der Waals surface area contributed by atoms with Crippen molar-refractivity contribution in [1.82, 2.24) is 10.2 Å². The van der Waals surface area contributed by atoms with E-state index in [1.165, 1.54) is 29.5 Å². The lowest BCUT2D eigenvalue weighted by atomic mass is 10.1. The van der Waals surface area contributed by atoms with Crippen LogP contribution in [0.3, 0.4) is 0 Å². The topological polar surface area (TPSA) is 49.4 Å². The first kappa shape index (κ1) is 23.9. The van der Waals surface area contributed by atoms with Gasteiger partial charge in [-0.05, 0) is 50.5 Å².